The Kier molecular flexibility index (Phi) is 4.61. The summed E-state index contributed by atoms with van der Waals surface area (Å²) in [5.41, 5.74) is 3.85. The number of nitrogens with zero attached hydrogens (tertiary/aromatic N) is 4. The second-order valence-corrected chi connectivity index (χ2v) is 7.05. The number of aromatic nitrogens is 2. The highest BCUT2D eigenvalue weighted by Gasteiger charge is 2.27. The fraction of sp³-hybridized carbons (Fsp3) is 0.471. The van der Waals surface area contributed by atoms with Crippen molar-refractivity contribution in [3.05, 3.63) is 40.0 Å². The average molecular weight is 330 g/mol. The van der Waals surface area contributed by atoms with Crippen LogP contribution >= 0.6 is 11.3 Å². The third kappa shape index (κ3) is 3.37. The van der Waals surface area contributed by atoms with Crippen molar-refractivity contribution < 1.29 is 4.79 Å². The maximum absolute atomic E-state index is 12.7. The molecule has 1 aliphatic rings. The van der Waals surface area contributed by atoms with Gasteiger partial charge in [-0.3, -0.25) is 4.79 Å². The van der Waals surface area contributed by atoms with E-state index >= 15 is 0 Å². The van der Waals surface area contributed by atoms with E-state index in [4.69, 9.17) is 0 Å². The maximum Gasteiger partial charge on any atom is 0.265 e. The van der Waals surface area contributed by atoms with Crippen LogP contribution < -0.4 is 4.90 Å². The number of likely N-dealkylation sites (tertiary alicyclic amines) is 1. The average Bonchev–Trinajstić information content (AvgIpc) is 3.00. The molecule has 0 spiro atoms. The summed E-state index contributed by atoms with van der Waals surface area (Å²) in [6.45, 7) is 3.50. The Morgan fingerprint density at radius 3 is 2.91 bits per heavy atom. The largest absolute Gasteiger partial charge is 0.363 e. The molecule has 0 aliphatic carbocycles. The lowest BCUT2D eigenvalue weighted by molar-refractivity contribution is 0.0711. The molecule has 122 valence electrons. The fourth-order valence-corrected chi connectivity index (χ4v) is 3.79. The molecule has 2 aromatic rings. The van der Waals surface area contributed by atoms with Gasteiger partial charge in [0.15, 0.2) is 0 Å². The van der Waals surface area contributed by atoms with Crippen molar-refractivity contribution in [1.29, 1.82) is 0 Å². The van der Waals surface area contributed by atoms with Gasteiger partial charge in [-0.25, -0.2) is 9.97 Å². The second-order valence-electron chi connectivity index (χ2n) is 6.20. The lowest BCUT2D eigenvalue weighted by atomic mass is 9.91. The summed E-state index contributed by atoms with van der Waals surface area (Å²) < 4.78 is 0. The van der Waals surface area contributed by atoms with Crippen LogP contribution in [0.2, 0.25) is 0 Å². The number of hydrogen-bond donors (Lipinski definition) is 0. The molecule has 6 heteroatoms. The van der Waals surface area contributed by atoms with Gasteiger partial charge < -0.3 is 9.80 Å². The summed E-state index contributed by atoms with van der Waals surface area (Å²) in [7, 11) is 3.99. The van der Waals surface area contributed by atoms with Crippen LogP contribution in [0.4, 0.5) is 5.82 Å². The molecule has 0 aromatic carbocycles. The molecule has 0 N–H and O–H groups in total. The molecule has 1 saturated heterocycles. The number of anilines is 1. The monoisotopic (exact) mass is 330 g/mol. The molecule has 0 bridgehead atoms. The number of piperidine rings is 1. The van der Waals surface area contributed by atoms with E-state index in [0.29, 0.717) is 5.92 Å². The van der Waals surface area contributed by atoms with Crippen LogP contribution in [-0.4, -0.2) is 48.0 Å². The molecule has 1 amide bonds. The van der Waals surface area contributed by atoms with Crippen LogP contribution in [-0.2, 0) is 0 Å². The van der Waals surface area contributed by atoms with Gasteiger partial charge in [0, 0.05) is 39.3 Å². The van der Waals surface area contributed by atoms with Crippen LogP contribution in [0, 0.1) is 6.92 Å². The Morgan fingerprint density at radius 2 is 2.22 bits per heavy atom. The number of amides is 1. The highest BCUT2D eigenvalue weighted by Crippen LogP contribution is 2.29. The zero-order valence-electron chi connectivity index (χ0n) is 13.8. The molecule has 0 unspecified atom stereocenters. The first-order valence-corrected chi connectivity index (χ1v) is 8.77. The fourth-order valence-electron chi connectivity index (χ4n) is 3.02. The van der Waals surface area contributed by atoms with Gasteiger partial charge in [0.2, 0.25) is 0 Å². The molecule has 3 heterocycles. The predicted molar refractivity (Wildman–Crippen MR) is 93.3 cm³/mol. The Labute approximate surface area is 141 Å². The van der Waals surface area contributed by atoms with Crippen molar-refractivity contribution in [2.75, 3.05) is 32.1 Å². The predicted octanol–water partition coefficient (Wildman–Crippen LogP) is 2.93. The number of rotatable bonds is 3. The molecular weight excluding hydrogens is 308 g/mol. The van der Waals surface area contributed by atoms with E-state index in [1.54, 1.807) is 5.51 Å². The summed E-state index contributed by atoms with van der Waals surface area (Å²) in [6.07, 6.45) is 4.01. The minimum atomic E-state index is 0.122. The highest BCUT2D eigenvalue weighted by molar-refractivity contribution is 7.11. The van der Waals surface area contributed by atoms with E-state index < -0.39 is 0 Å². The SMILES string of the molecule is Cc1ncsc1C(=O)N1CCC[C@H](c2ccnc(N(C)C)c2)C1. The van der Waals surface area contributed by atoms with Gasteiger partial charge in [-0.15, -0.1) is 11.3 Å². The van der Waals surface area contributed by atoms with Crippen LogP contribution in [0.25, 0.3) is 0 Å². The summed E-state index contributed by atoms with van der Waals surface area (Å²) in [5, 5.41) is 0. The Hall–Kier alpha value is -1.95. The van der Waals surface area contributed by atoms with Crippen molar-refractivity contribution >= 4 is 23.1 Å². The van der Waals surface area contributed by atoms with Crippen molar-refractivity contribution in [3.8, 4) is 0 Å². The molecule has 0 radical (unpaired) electrons. The smallest absolute Gasteiger partial charge is 0.265 e. The normalized spacial score (nSPS) is 18.0. The van der Waals surface area contributed by atoms with Crippen molar-refractivity contribution in [2.45, 2.75) is 25.7 Å². The molecule has 1 fully saturated rings. The van der Waals surface area contributed by atoms with Gasteiger partial charge in [-0.05, 0) is 37.5 Å². The van der Waals surface area contributed by atoms with Crippen molar-refractivity contribution in [1.82, 2.24) is 14.9 Å². The van der Waals surface area contributed by atoms with Gasteiger partial charge in [0.1, 0.15) is 10.7 Å². The lowest BCUT2D eigenvalue weighted by Gasteiger charge is -2.33. The molecule has 0 saturated carbocycles. The first-order valence-electron chi connectivity index (χ1n) is 7.89. The zero-order chi connectivity index (χ0) is 16.4. The van der Waals surface area contributed by atoms with Crippen LogP contribution in [0.1, 0.15) is 39.7 Å². The van der Waals surface area contributed by atoms with E-state index in [0.717, 1.165) is 42.3 Å². The van der Waals surface area contributed by atoms with Gasteiger partial charge in [-0.2, -0.15) is 0 Å². The lowest BCUT2D eigenvalue weighted by Crippen LogP contribution is -2.39. The standard InChI is InChI=1S/C17H22N4OS/c1-12-16(23-11-19-12)17(22)21-8-4-5-14(10-21)13-6-7-18-15(9-13)20(2)3/h6-7,9,11,14H,4-5,8,10H2,1-3H3/t14-/m0/s1. The van der Waals surface area contributed by atoms with Crippen LogP contribution in [0.3, 0.4) is 0 Å². The minimum absolute atomic E-state index is 0.122. The van der Waals surface area contributed by atoms with E-state index in [1.807, 2.05) is 37.0 Å². The molecule has 3 rings (SSSR count). The second kappa shape index (κ2) is 6.66. The molecule has 1 aliphatic heterocycles. The van der Waals surface area contributed by atoms with Gasteiger partial charge in [0.05, 0.1) is 11.2 Å². The molecule has 1 atom stereocenters. The minimum Gasteiger partial charge on any atom is -0.363 e. The first kappa shape index (κ1) is 15.9. The van der Waals surface area contributed by atoms with Gasteiger partial charge >= 0.3 is 0 Å². The van der Waals surface area contributed by atoms with Gasteiger partial charge in [-0.1, -0.05) is 0 Å². The Balaban J connectivity index is 1.77. The van der Waals surface area contributed by atoms with E-state index in [-0.39, 0.29) is 5.91 Å². The number of thiazole rings is 1. The number of aryl methyl sites for hydroxylation is 1. The number of carbonyl (C=O) groups is 1. The quantitative estimate of drug-likeness (QED) is 0.868. The third-order valence-electron chi connectivity index (χ3n) is 4.35. The third-order valence-corrected chi connectivity index (χ3v) is 5.26. The summed E-state index contributed by atoms with van der Waals surface area (Å²) >= 11 is 1.44. The highest BCUT2D eigenvalue weighted by atomic mass is 32.1. The topological polar surface area (TPSA) is 49.3 Å². The van der Waals surface area contributed by atoms with E-state index in [1.165, 1.54) is 16.9 Å². The Bertz CT molecular complexity index is 697. The van der Waals surface area contributed by atoms with E-state index in [2.05, 4.69) is 22.1 Å². The van der Waals surface area contributed by atoms with Crippen LogP contribution in [0.5, 0.6) is 0 Å². The van der Waals surface area contributed by atoms with Gasteiger partial charge in [0.25, 0.3) is 5.91 Å². The first-order chi connectivity index (χ1) is 11.1. The molecule has 2 aromatic heterocycles. The van der Waals surface area contributed by atoms with Crippen molar-refractivity contribution in [3.63, 3.8) is 0 Å². The summed E-state index contributed by atoms with van der Waals surface area (Å²) in [5.74, 6) is 1.46. The molecule has 23 heavy (non-hydrogen) atoms. The zero-order valence-corrected chi connectivity index (χ0v) is 14.6. The van der Waals surface area contributed by atoms with Crippen molar-refractivity contribution in [2.24, 2.45) is 0 Å². The summed E-state index contributed by atoms with van der Waals surface area (Å²) in [4.78, 5) is 26.0. The summed E-state index contributed by atoms with van der Waals surface area (Å²) in [6, 6.07) is 4.21. The molecular formula is C17H22N4OS. The van der Waals surface area contributed by atoms with Crippen LogP contribution in [0.15, 0.2) is 23.8 Å². The Morgan fingerprint density at radius 1 is 1.39 bits per heavy atom. The van der Waals surface area contributed by atoms with E-state index in [9.17, 15) is 4.79 Å². The molecule has 5 nitrogen and oxygen atoms in total. The number of carbonyl (C=O) groups excluding carboxylic acids is 1. The number of hydrogen-bond acceptors (Lipinski definition) is 5. The maximum atomic E-state index is 12.7. The number of pyridine rings is 1.